The second-order valence-electron chi connectivity index (χ2n) is 10.0. The number of rotatable bonds is 5. The number of aryl methyl sites for hydroxylation is 2. The highest BCUT2D eigenvalue weighted by Gasteiger charge is 2.52. The van der Waals surface area contributed by atoms with Gasteiger partial charge in [0.1, 0.15) is 5.75 Å². The van der Waals surface area contributed by atoms with Gasteiger partial charge in [0.25, 0.3) is 0 Å². The van der Waals surface area contributed by atoms with Gasteiger partial charge in [0.05, 0.1) is 23.4 Å². The molecule has 0 bridgehead atoms. The molecule has 3 amide bonds. The lowest BCUT2D eigenvalue weighted by Gasteiger charge is -2.29. The van der Waals surface area contributed by atoms with Gasteiger partial charge < -0.3 is 9.64 Å². The summed E-state index contributed by atoms with van der Waals surface area (Å²) in [6.45, 7) is 4.13. The van der Waals surface area contributed by atoms with Crippen molar-refractivity contribution < 1.29 is 23.9 Å². The fourth-order valence-electron chi connectivity index (χ4n) is 5.50. The lowest BCUT2D eigenvalue weighted by Crippen LogP contribution is -2.34. The Morgan fingerprint density at radius 3 is 2.16 bits per heavy atom. The lowest BCUT2D eigenvalue weighted by atomic mass is 9.81. The molecule has 3 aliphatic rings. The molecule has 5 atom stereocenters. The van der Waals surface area contributed by atoms with Gasteiger partial charge in [0.2, 0.25) is 17.7 Å². The first-order valence-electron chi connectivity index (χ1n) is 12.6. The third-order valence-electron chi connectivity index (χ3n) is 7.65. The van der Waals surface area contributed by atoms with Crippen LogP contribution in [0.4, 0.5) is 11.4 Å². The lowest BCUT2D eigenvalue weighted by molar-refractivity contribution is -0.139. The van der Waals surface area contributed by atoms with Crippen LogP contribution in [-0.2, 0) is 25.6 Å². The van der Waals surface area contributed by atoms with Crippen molar-refractivity contribution in [3.05, 3.63) is 53.6 Å². The summed E-state index contributed by atoms with van der Waals surface area (Å²) in [6, 6.07) is 12.7. The van der Waals surface area contributed by atoms with Gasteiger partial charge in [-0.3, -0.25) is 19.2 Å². The second kappa shape index (κ2) is 10.3. The molecule has 2 aliphatic heterocycles. The Kier molecular flexibility index (Phi) is 7.29. The minimum absolute atomic E-state index is 0.0914. The van der Waals surface area contributed by atoms with E-state index < -0.39 is 11.9 Å². The molecule has 3 fully saturated rings. The number of hydrogen-bond acceptors (Lipinski definition) is 5. The normalized spacial score (nSPS) is 27.6. The summed E-state index contributed by atoms with van der Waals surface area (Å²) in [6.07, 6.45) is 2.22. The molecule has 2 aromatic carbocycles. The first-order valence-corrected chi connectivity index (χ1v) is 14.4. The van der Waals surface area contributed by atoms with E-state index in [1.807, 2.05) is 24.3 Å². The summed E-state index contributed by atoms with van der Waals surface area (Å²) in [5.41, 5.74) is 3.13. The SMILES string of the molecule is CCc1ccc(N2C[C@H](C(=O)Oc3ccc(N4C(=O)[C@@H]5C[C@@H](Br)[C@@H](Br)C[C@H]5C4=O)c(C)c3)CC2=O)cc1. The maximum atomic E-state index is 13.2. The molecule has 5 rings (SSSR count). The maximum absolute atomic E-state index is 13.2. The van der Waals surface area contributed by atoms with E-state index in [-0.39, 0.29) is 52.2 Å². The Labute approximate surface area is 232 Å². The van der Waals surface area contributed by atoms with Crippen molar-refractivity contribution in [3.8, 4) is 5.75 Å². The van der Waals surface area contributed by atoms with E-state index in [9.17, 15) is 19.2 Å². The van der Waals surface area contributed by atoms with Gasteiger partial charge in [0.15, 0.2) is 0 Å². The molecule has 37 heavy (non-hydrogen) atoms. The van der Waals surface area contributed by atoms with Crippen molar-refractivity contribution in [1.82, 2.24) is 0 Å². The van der Waals surface area contributed by atoms with Crippen molar-refractivity contribution in [2.75, 3.05) is 16.3 Å². The smallest absolute Gasteiger partial charge is 0.316 e. The molecule has 1 saturated carbocycles. The van der Waals surface area contributed by atoms with E-state index in [1.165, 1.54) is 10.5 Å². The van der Waals surface area contributed by atoms with E-state index in [1.54, 1.807) is 30.0 Å². The highest BCUT2D eigenvalue weighted by atomic mass is 79.9. The fourth-order valence-corrected chi connectivity index (χ4v) is 6.74. The minimum Gasteiger partial charge on any atom is -0.426 e. The summed E-state index contributed by atoms with van der Waals surface area (Å²) >= 11 is 7.23. The molecular formula is C28H28Br2N2O5. The Morgan fingerprint density at radius 1 is 0.973 bits per heavy atom. The van der Waals surface area contributed by atoms with Crippen molar-refractivity contribution in [2.24, 2.45) is 17.8 Å². The maximum Gasteiger partial charge on any atom is 0.316 e. The topological polar surface area (TPSA) is 84.0 Å². The number of fused-ring (bicyclic) bond motifs is 1. The van der Waals surface area contributed by atoms with Gasteiger partial charge in [-0.2, -0.15) is 0 Å². The molecule has 9 heteroatoms. The monoisotopic (exact) mass is 630 g/mol. The number of amides is 3. The van der Waals surface area contributed by atoms with Crippen LogP contribution in [0.5, 0.6) is 5.75 Å². The standard InChI is InChI=1S/C28H28Br2N2O5/c1-3-16-4-6-18(7-5-16)31-14-17(11-25(31)33)28(36)37-19-8-9-24(15(2)10-19)32-26(34)20-12-22(29)23(30)13-21(20)27(32)35/h4-10,17,20-23H,3,11-14H2,1-2H3/t17-,20-,21-,22-,23+/m1/s1. The van der Waals surface area contributed by atoms with Crippen molar-refractivity contribution >= 4 is 66.9 Å². The second-order valence-corrected chi connectivity index (χ2v) is 12.4. The number of hydrogen-bond donors (Lipinski definition) is 0. The summed E-state index contributed by atoms with van der Waals surface area (Å²) in [5, 5.41) is 0. The molecule has 0 aromatic heterocycles. The highest BCUT2D eigenvalue weighted by molar-refractivity contribution is 9.12. The molecule has 2 saturated heterocycles. The van der Waals surface area contributed by atoms with E-state index >= 15 is 0 Å². The van der Waals surface area contributed by atoms with E-state index in [2.05, 4.69) is 38.8 Å². The van der Waals surface area contributed by atoms with Crippen LogP contribution in [0.2, 0.25) is 0 Å². The number of esters is 1. The molecule has 7 nitrogen and oxygen atoms in total. The number of ether oxygens (including phenoxy) is 1. The first-order chi connectivity index (χ1) is 17.7. The highest BCUT2D eigenvalue weighted by Crippen LogP contribution is 2.45. The molecule has 2 aromatic rings. The average Bonchev–Trinajstić information content (AvgIpc) is 3.37. The van der Waals surface area contributed by atoms with Crippen LogP contribution >= 0.6 is 31.9 Å². The van der Waals surface area contributed by atoms with E-state index in [0.29, 0.717) is 29.8 Å². The Morgan fingerprint density at radius 2 is 1.59 bits per heavy atom. The third-order valence-corrected chi connectivity index (χ3v) is 10.4. The van der Waals surface area contributed by atoms with Crippen LogP contribution in [0, 0.1) is 24.7 Å². The van der Waals surface area contributed by atoms with Crippen LogP contribution in [0.15, 0.2) is 42.5 Å². The summed E-state index contributed by atoms with van der Waals surface area (Å²) < 4.78 is 5.62. The minimum atomic E-state index is -0.572. The average molecular weight is 632 g/mol. The molecule has 0 N–H and O–H groups in total. The predicted octanol–water partition coefficient (Wildman–Crippen LogP) is 4.94. The van der Waals surface area contributed by atoms with Gasteiger partial charge in [-0.1, -0.05) is 50.9 Å². The predicted molar refractivity (Wildman–Crippen MR) is 147 cm³/mol. The molecule has 0 unspecified atom stereocenters. The first kappa shape index (κ1) is 26.1. The molecule has 2 heterocycles. The van der Waals surface area contributed by atoms with Crippen LogP contribution in [0.3, 0.4) is 0 Å². The zero-order chi connectivity index (χ0) is 26.4. The summed E-state index contributed by atoms with van der Waals surface area (Å²) in [5.74, 6) is -1.85. The summed E-state index contributed by atoms with van der Waals surface area (Å²) in [4.78, 5) is 55.0. The third kappa shape index (κ3) is 4.88. The molecule has 0 radical (unpaired) electrons. The number of anilines is 2. The summed E-state index contributed by atoms with van der Waals surface area (Å²) in [7, 11) is 0. The molecular weight excluding hydrogens is 604 g/mol. The van der Waals surface area contributed by atoms with Gasteiger partial charge in [0, 0.05) is 28.3 Å². The Balaban J connectivity index is 1.27. The number of imide groups is 1. The van der Waals surface area contributed by atoms with Crippen molar-refractivity contribution in [3.63, 3.8) is 0 Å². The fraction of sp³-hybridized carbons (Fsp3) is 0.429. The van der Waals surface area contributed by atoms with Crippen LogP contribution < -0.4 is 14.5 Å². The number of benzene rings is 2. The largest absolute Gasteiger partial charge is 0.426 e. The number of alkyl halides is 2. The van der Waals surface area contributed by atoms with Gasteiger partial charge >= 0.3 is 5.97 Å². The van der Waals surface area contributed by atoms with Crippen molar-refractivity contribution in [1.29, 1.82) is 0 Å². The van der Waals surface area contributed by atoms with E-state index in [0.717, 1.165) is 12.1 Å². The van der Waals surface area contributed by atoms with Crippen LogP contribution in [0.25, 0.3) is 0 Å². The van der Waals surface area contributed by atoms with Crippen LogP contribution in [0.1, 0.15) is 37.3 Å². The molecule has 194 valence electrons. The zero-order valence-corrected chi connectivity index (χ0v) is 23.8. The van der Waals surface area contributed by atoms with Crippen LogP contribution in [-0.4, -0.2) is 39.9 Å². The molecule has 0 spiro atoms. The number of carbonyl (C=O) groups excluding carboxylic acids is 4. The number of carbonyl (C=O) groups is 4. The Bertz CT molecular complexity index is 1240. The van der Waals surface area contributed by atoms with Gasteiger partial charge in [-0.05, 0) is 67.6 Å². The number of halogens is 2. The van der Waals surface area contributed by atoms with Gasteiger partial charge in [-0.25, -0.2) is 4.90 Å². The number of nitrogens with zero attached hydrogens (tertiary/aromatic N) is 2. The quantitative estimate of drug-likeness (QED) is 0.202. The zero-order valence-electron chi connectivity index (χ0n) is 20.7. The Hall–Kier alpha value is -2.52. The molecule has 1 aliphatic carbocycles. The van der Waals surface area contributed by atoms with Crippen molar-refractivity contribution in [2.45, 2.75) is 49.2 Å². The van der Waals surface area contributed by atoms with E-state index in [4.69, 9.17) is 4.74 Å². The van der Waals surface area contributed by atoms with Gasteiger partial charge in [-0.15, -0.1) is 0 Å².